The zero-order valence-electron chi connectivity index (χ0n) is 8.12. The maximum absolute atomic E-state index is 10.8. The smallest absolute Gasteiger partial charge is 0.337 e. The van der Waals surface area contributed by atoms with Gasteiger partial charge in [-0.2, -0.15) is 5.26 Å². The number of rotatable bonds is 1. The molecule has 0 aliphatic rings. The molecule has 0 atom stereocenters. The van der Waals surface area contributed by atoms with Crippen molar-refractivity contribution in [3.05, 3.63) is 28.3 Å². The highest BCUT2D eigenvalue weighted by molar-refractivity contribution is 6.31. The molecule has 0 aliphatic carbocycles. The third-order valence-corrected chi connectivity index (χ3v) is 1.98. The van der Waals surface area contributed by atoms with Crippen LogP contribution < -0.4 is 5.73 Å². The second kappa shape index (κ2) is 5.06. The second-order valence-electron chi connectivity index (χ2n) is 2.86. The van der Waals surface area contributed by atoms with E-state index in [1.54, 1.807) is 0 Å². The van der Waals surface area contributed by atoms with Gasteiger partial charge in [0.2, 0.25) is 0 Å². The molecule has 80 valence electrons. The topological polar surface area (TPSA) is 87.1 Å². The minimum absolute atomic E-state index is 0.0500. The Morgan fingerprint density at radius 3 is 2.81 bits per heavy atom. The predicted molar refractivity (Wildman–Crippen MR) is 59.9 cm³/mol. The van der Waals surface area contributed by atoms with Crippen molar-refractivity contribution in [1.82, 2.24) is 0 Å². The molecule has 0 aromatic heterocycles. The highest BCUT2D eigenvalue weighted by Crippen LogP contribution is 2.22. The molecule has 0 aliphatic heterocycles. The minimum Gasteiger partial charge on any atom is -0.478 e. The summed E-state index contributed by atoms with van der Waals surface area (Å²) in [6, 6.07) is 4.57. The summed E-state index contributed by atoms with van der Waals surface area (Å²) in [6.45, 7) is 0. The summed E-state index contributed by atoms with van der Waals surface area (Å²) < 4.78 is 0. The Morgan fingerprint density at radius 2 is 2.25 bits per heavy atom. The third-order valence-electron chi connectivity index (χ3n) is 1.77. The number of carboxylic acids is 1. The molecule has 0 amide bonds. The fourth-order valence-electron chi connectivity index (χ4n) is 1.08. The third kappa shape index (κ3) is 2.66. The molecule has 0 spiro atoms. The number of nitrogen functional groups attached to an aromatic ring is 1. The number of aromatic carboxylic acids is 1. The van der Waals surface area contributed by atoms with Gasteiger partial charge in [0.05, 0.1) is 23.7 Å². The molecular formula is C11H7ClN2O2. The molecule has 0 unspecified atom stereocenters. The fourth-order valence-corrected chi connectivity index (χ4v) is 1.30. The summed E-state index contributed by atoms with van der Waals surface area (Å²) in [7, 11) is 0. The van der Waals surface area contributed by atoms with Crippen LogP contribution in [0, 0.1) is 23.2 Å². The molecule has 0 radical (unpaired) electrons. The van der Waals surface area contributed by atoms with Crippen LogP contribution in [0.4, 0.5) is 5.69 Å². The SMILES string of the molecule is N#CCC#Cc1cc(Cl)cc(C(=O)O)c1N. The van der Waals surface area contributed by atoms with Crippen molar-refractivity contribution in [2.45, 2.75) is 6.42 Å². The van der Waals surface area contributed by atoms with E-state index in [4.69, 9.17) is 27.7 Å². The first-order chi connectivity index (χ1) is 7.56. The first-order valence-corrected chi connectivity index (χ1v) is 4.62. The molecule has 1 aromatic carbocycles. The molecule has 0 bridgehead atoms. The standard InChI is InChI=1S/C11H7ClN2O2/c12-8-5-7(3-1-2-4-13)10(14)9(6-8)11(15)16/h5-6H,2,14H2,(H,15,16). The summed E-state index contributed by atoms with van der Waals surface area (Å²) in [4.78, 5) is 10.8. The van der Waals surface area contributed by atoms with Crippen molar-refractivity contribution in [3.63, 3.8) is 0 Å². The first kappa shape index (κ1) is 11.9. The Labute approximate surface area is 97.2 Å². The van der Waals surface area contributed by atoms with E-state index in [0.29, 0.717) is 5.56 Å². The molecule has 3 N–H and O–H groups in total. The highest BCUT2D eigenvalue weighted by atomic mass is 35.5. The molecular weight excluding hydrogens is 228 g/mol. The fraction of sp³-hybridized carbons (Fsp3) is 0.0909. The van der Waals surface area contributed by atoms with Gasteiger partial charge in [-0.3, -0.25) is 0 Å². The molecule has 5 heteroatoms. The number of nitriles is 1. The number of nitrogens with two attached hydrogens (primary N) is 1. The average molecular weight is 235 g/mol. The number of benzene rings is 1. The zero-order valence-corrected chi connectivity index (χ0v) is 8.88. The molecule has 0 fully saturated rings. The van der Waals surface area contributed by atoms with Gasteiger partial charge in [0.25, 0.3) is 0 Å². The molecule has 1 aromatic rings. The van der Waals surface area contributed by atoms with Gasteiger partial charge < -0.3 is 10.8 Å². The van der Waals surface area contributed by atoms with Crippen LogP contribution in [0.5, 0.6) is 0 Å². The number of nitrogens with zero attached hydrogens (tertiary/aromatic N) is 1. The average Bonchev–Trinajstić information content (AvgIpc) is 2.22. The number of halogens is 1. The van der Waals surface area contributed by atoms with Crippen LogP contribution in [0.25, 0.3) is 0 Å². The summed E-state index contributed by atoms with van der Waals surface area (Å²) >= 11 is 5.73. The number of anilines is 1. The van der Waals surface area contributed by atoms with E-state index in [9.17, 15) is 4.79 Å². The van der Waals surface area contributed by atoms with Gasteiger partial charge in [-0.1, -0.05) is 23.4 Å². The number of hydrogen-bond donors (Lipinski definition) is 2. The number of carboxylic acid groups (broad SMARTS) is 1. The quantitative estimate of drug-likeness (QED) is 0.574. The molecule has 0 heterocycles. The predicted octanol–water partition coefficient (Wildman–Crippen LogP) is 1.89. The lowest BCUT2D eigenvalue weighted by molar-refractivity contribution is 0.0698. The van der Waals surface area contributed by atoms with Gasteiger partial charge in [-0.05, 0) is 12.1 Å². The van der Waals surface area contributed by atoms with Gasteiger partial charge in [0.1, 0.15) is 0 Å². The van der Waals surface area contributed by atoms with Crippen LogP contribution in [-0.2, 0) is 0 Å². The van der Waals surface area contributed by atoms with Gasteiger partial charge in [-0.15, -0.1) is 0 Å². The lowest BCUT2D eigenvalue weighted by Gasteiger charge is -2.04. The molecule has 16 heavy (non-hydrogen) atoms. The molecule has 0 saturated heterocycles. The zero-order chi connectivity index (χ0) is 12.1. The Bertz CT molecular complexity index is 535. The first-order valence-electron chi connectivity index (χ1n) is 4.24. The Kier molecular flexibility index (Phi) is 3.77. The lowest BCUT2D eigenvalue weighted by atomic mass is 10.1. The summed E-state index contributed by atoms with van der Waals surface area (Å²) in [5.74, 6) is 3.98. The minimum atomic E-state index is -1.16. The molecule has 0 saturated carbocycles. The van der Waals surface area contributed by atoms with E-state index in [2.05, 4.69) is 11.8 Å². The van der Waals surface area contributed by atoms with Crippen LogP contribution in [0.2, 0.25) is 5.02 Å². The van der Waals surface area contributed by atoms with E-state index in [1.807, 2.05) is 6.07 Å². The van der Waals surface area contributed by atoms with Gasteiger partial charge in [0.15, 0.2) is 0 Å². The van der Waals surface area contributed by atoms with E-state index < -0.39 is 5.97 Å². The van der Waals surface area contributed by atoms with Gasteiger partial charge in [0, 0.05) is 10.6 Å². The van der Waals surface area contributed by atoms with Crippen molar-refractivity contribution >= 4 is 23.3 Å². The summed E-state index contributed by atoms with van der Waals surface area (Å²) in [5.41, 5.74) is 5.90. The molecule has 4 nitrogen and oxygen atoms in total. The Morgan fingerprint density at radius 1 is 1.56 bits per heavy atom. The Balaban J connectivity index is 3.27. The van der Waals surface area contributed by atoms with Gasteiger partial charge in [-0.25, -0.2) is 4.79 Å². The van der Waals surface area contributed by atoms with Gasteiger partial charge >= 0.3 is 5.97 Å². The maximum atomic E-state index is 10.8. The normalized spacial score (nSPS) is 8.75. The van der Waals surface area contributed by atoms with Crippen LogP contribution in [0.1, 0.15) is 22.3 Å². The van der Waals surface area contributed by atoms with Crippen molar-refractivity contribution in [3.8, 4) is 17.9 Å². The molecule has 1 rings (SSSR count). The Hall–Kier alpha value is -2.17. The number of carbonyl (C=O) groups is 1. The second-order valence-corrected chi connectivity index (χ2v) is 3.29. The van der Waals surface area contributed by atoms with E-state index in [-0.39, 0.29) is 22.7 Å². The van der Waals surface area contributed by atoms with Crippen molar-refractivity contribution in [1.29, 1.82) is 5.26 Å². The van der Waals surface area contributed by atoms with E-state index in [0.717, 1.165) is 0 Å². The maximum Gasteiger partial charge on any atom is 0.337 e. The lowest BCUT2D eigenvalue weighted by Crippen LogP contribution is -2.04. The van der Waals surface area contributed by atoms with Crippen LogP contribution in [-0.4, -0.2) is 11.1 Å². The van der Waals surface area contributed by atoms with Crippen LogP contribution >= 0.6 is 11.6 Å². The van der Waals surface area contributed by atoms with Crippen molar-refractivity contribution < 1.29 is 9.90 Å². The van der Waals surface area contributed by atoms with Crippen LogP contribution in [0.15, 0.2) is 12.1 Å². The monoisotopic (exact) mass is 234 g/mol. The highest BCUT2D eigenvalue weighted by Gasteiger charge is 2.11. The summed E-state index contributed by atoms with van der Waals surface area (Å²) in [6.07, 6.45) is 0.0500. The van der Waals surface area contributed by atoms with Crippen LogP contribution in [0.3, 0.4) is 0 Å². The number of hydrogen-bond acceptors (Lipinski definition) is 3. The summed E-state index contributed by atoms with van der Waals surface area (Å²) in [5, 5.41) is 17.4. The van der Waals surface area contributed by atoms with Crippen molar-refractivity contribution in [2.75, 3.05) is 5.73 Å². The van der Waals surface area contributed by atoms with E-state index in [1.165, 1.54) is 12.1 Å². The largest absolute Gasteiger partial charge is 0.478 e. The van der Waals surface area contributed by atoms with E-state index >= 15 is 0 Å². The van der Waals surface area contributed by atoms with Crippen molar-refractivity contribution in [2.24, 2.45) is 0 Å².